The Balaban J connectivity index is 2.66. The van der Waals surface area contributed by atoms with Crippen molar-refractivity contribution in [1.82, 2.24) is 0 Å². The Labute approximate surface area is 91.2 Å². The molecule has 0 aromatic heterocycles. The van der Waals surface area contributed by atoms with Gasteiger partial charge in [0, 0.05) is 11.3 Å². The second kappa shape index (κ2) is 4.33. The number of ketones is 1. The van der Waals surface area contributed by atoms with Gasteiger partial charge < -0.3 is 4.74 Å². The molecule has 0 spiro atoms. The van der Waals surface area contributed by atoms with E-state index >= 15 is 0 Å². The fourth-order valence-corrected chi connectivity index (χ4v) is 1.79. The van der Waals surface area contributed by atoms with Crippen LogP contribution in [0.15, 0.2) is 0 Å². The molecule has 0 bridgehead atoms. The van der Waals surface area contributed by atoms with Crippen LogP contribution in [0.4, 0.5) is 0 Å². The summed E-state index contributed by atoms with van der Waals surface area (Å²) in [6.45, 7) is 5.71. The van der Waals surface area contributed by atoms with Gasteiger partial charge in [0.1, 0.15) is 5.78 Å². The number of ether oxygens (including phenoxy) is 1. The van der Waals surface area contributed by atoms with E-state index in [2.05, 4.69) is 4.74 Å². The molecule has 1 unspecified atom stereocenters. The fraction of sp³-hybridized carbons (Fsp3) is 0.833. The van der Waals surface area contributed by atoms with E-state index in [0.29, 0.717) is 5.92 Å². The molecule has 86 valence electrons. The first-order valence-corrected chi connectivity index (χ1v) is 5.47. The van der Waals surface area contributed by atoms with Crippen molar-refractivity contribution < 1.29 is 14.3 Å². The van der Waals surface area contributed by atoms with E-state index in [0.717, 1.165) is 12.8 Å². The first-order chi connectivity index (χ1) is 6.86. The first kappa shape index (κ1) is 12.2. The van der Waals surface area contributed by atoms with Crippen LogP contribution in [-0.2, 0) is 14.3 Å². The summed E-state index contributed by atoms with van der Waals surface area (Å²) >= 11 is 0. The molecule has 0 radical (unpaired) electrons. The number of carbonyl (C=O) groups excluding carboxylic acids is 2. The molecular weight excluding hydrogens is 192 g/mol. The van der Waals surface area contributed by atoms with E-state index in [1.807, 2.05) is 20.8 Å². The minimum atomic E-state index is -0.360. The zero-order valence-corrected chi connectivity index (χ0v) is 10.0. The van der Waals surface area contributed by atoms with Gasteiger partial charge in [-0.2, -0.15) is 0 Å². The quantitative estimate of drug-likeness (QED) is 0.671. The summed E-state index contributed by atoms with van der Waals surface area (Å²) < 4.78 is 4.63. The van der Waals surface area contributed by atoms with Crippen LogP contribution in [0.3, 0.4) is 0 Å². The molecular formula is C12H20O3. The molecule has 0 amide bonds. The maximum absolute atomic E-state index is 12.1. The van der Waals surface area contributed by atoms with Gasteiger partial charge in [-0.05, 0) is 18.8 Å². The van der Waals surface area contributed by atoms with Crippen LogP contribution in [0.25, 0.3) is 0 Å². The van der Waals surface area contributed by atoms with Crippen molar-refractivity contribution in [2.45, 2.75) is 40.0 Å². The van der Waals surface area contributed by atoms with E-state index in [1.54, 1.807) is 0 Å². The number of esters is 1. The Morgan fingerprint density at radius 3 is 2.20 bits per heavy atom. The topological polar surface area (TPSA) is 43.4 Å². The molecule has 3 nitrogen and oxygen atoms in total. The fourth-order valence-electron chi connectivity index (χ4n) is 1.79. The van der Waals surface area contributed by atoms with Crippen LogP contribution >= 0.6 is 0 Å². The molecule has 1 aliphatic rings. The lowest BCUT2D eigenvalue weighted by Crippen LogP contribution is -2.31. The van der Waals surface area contributed by atoms with Gasteiger partial charge in [0.25, 0.3) is 0 Å². The third-order valence-electron chi connectivity index (χ3n) is 2.88. The summed E-state index contributed by atoms with van der Waals surface area (Å²) in [6.07, 6.45) is 2.39. The predicted molar refractivity (Wildman–Crippen MR) is 57.3 cm³/mol. The molecule has 1 fully saturated rings. The predicted octanol–water partition coefficient (Wildman–Crippen LogP) is 2.19. The number of Topliss-reactive ketones (excluding diaryl/α,β-unsaturated/α-hetero) is 1. The van der Waals surface area contributed by atoms with Crippen molar-refractivity contribution in [3.63, 3.8) is 0 Å². The molecule has 0 saturated heterocycles. The van der Waals surface area contributed by atoms with E-state index in [4.69, 9.17) is 0 Å². The second-order valence-corrected chi connectivity index (χ2v) is 5.34. The summed E-state index contributed by atoms with van der Waals surface area (Å²) in [5.74, 6) is 0.202. The van der Waals surface area contributed by atoms with Crippen molar-refractivity contribution >= 4 is 11.8 Å². The molecule has 1 rings (SSSR count). The average Bonchev–Trinajstić information content (AvgIpc) is 2.94. The third-order valence-corrected chi connectivity index (χ3v) is 2.88. The molecule has 15 heavy (non-hydrogen) atoms. The van der Waals surface area contributed by atoms with Crippen LogP contribution in [0, 0.1) is 17.3 Å². The molecule has 1 atom stereocenters. The van der Waals surface area contributed by atoms with Crippen molar-refractivity contribution in [2.24, 2.45) is 17.3 Å². The summed E-state index contributed by atoms with van der Waals surface area (Å²) in [5, 5.41) is 0. The lowest BCUT2D eigenvalue weighted by molar-refractivity contribution is -0.145. The molecule has 0 aromatic carbocycles. The van der Waals surface area contributed by atoms with Gasteiger partial charge in [-0.15, -0.1) is 0 Å². The zero-order valence-electron chi connectivity index (χ0n) is 10.0. The van der Waals surface area contributed by atoms with Crippen molar-refractivity contribution in [3.8, 4) is 0 Å². The molecule has 0 aromatic rings. The van der Waals surface area contributed by atoms with Gasteiger partial charge in [0.05, 0.1) is 13.5 Å². The van der Waals surface area contributed by atoms with Crippen LogP contribution in [-0.4, -0.2) is 18.9 Å². The highest BCUT2D eigenvalue weighted by molar-refractivity contribution is 5.89. The van der Waals surface area contributed by atoms with E-state index in [9.17, 15) is 9.59 Å². The molecule has 1 aliphatic carbocycles. The van der Waals surface area contributed by atoms with Crippen molar-refractivity contribution in [3.05, 3.63) is 0 Å². The van der Waals surface area contributed by atoms with Crippen LogP contribution in [0.1, 0.15) is 40.0 Å². The third kappa shape index (κ3) is 3.33. The maximum atomic E-state index is 12.1. The Bertz CT molecular complexity index is 259. The van der Waals surface area contributed by atoms with E-state index in [1.165, 1.54) is 7.11 Å². The van der Waals surface area contributed by atoms with E-state index in [-0.39, 0.29) is 29.5 Å². The van der Waals surface area contributed by atoms with E-state index < -0.39 is 0 Å². The zero-order chi connectivity index (χ0) is 11.6. The highest BCUT2D eigenvalue weighted by Crippen LogP contribution is 2.42. The van der Waals surface area contributed by atoms with Gasteiger partial charge in [0.2, 0.25) is 0 Å². The summed E-state index contributed by atoms with van der Waals surface area (Å²) in [7, 11) is 1.37. The molecule has 3 heteroatoms. The largest absolute Gasteiger partial charge is 0.469 e. The Kier molecular flexibility index (Phi) is 3.53. The summed E-state index contributed by atoms with van der Waals surface area (Å²) in [4.78, 5) is 23.3. The summed E-state index contributed by atoms with van der Waals surface area (Å²) in [5.41, 5.74) is -0.360. The van der Waals surface area contributed by atoms with Gasteiger partial charge >= 0.3 is 5.97 Å². The smallest absolute Gasteiger partial charge is 0.306 e. The molecule has 0 aliphatic heterocycles. The Hall–Kier alpha value is -0.860. The van der Waals surface area contributed by atoms with Gasteiger partial charge in [-0.1, -0.05) is 20.8 Å². The summed E-state index contributed by atoms with van der Waals surface area (Å²) in [6, 6.07) is 0. The highest BCUT2D eigenvalue weighted by atomic mass is 16.5. The monoisotopic (exact) mass is 212 g/mol. The normalized spacial score (nSPS) is 18.4. The average molecular weight is 212 g/mol. The van der Waals surface area contributed by atoms with Crippen LogP contribution in [0.5, 0.6) is 0 Å². The van der Waals surface area contributed by atoms with Gasteiger partial charge in [-0.25, -0.2) is 0 Å². The highest BCUT2D eigenvalue weighted by Gasteiger charge is 2.41. The minimum absolute atomic E-state index is 0.127. The standard InChI is InChI=1S/C12H20O3/c1-12(2,3)11(14)9(8-5-6-8)7-10(13)15-4/h8-9H,5-7H2,1-4H3. The minimum Gasteiger partial charge on any atom is -0.469 e. The maximum Gasteiger partial charge on any atom is 0.306 e. The Morgan fingerprint density at radius 2 is 1.87 bits per heavy atom. The first-order valence-electron chi connectivity index (χ1n) is 5.47. The Morgan fingerprint density at radius 1 is 1.33 bits per heavy atom. The number of carbonyl (C=O) groups is 2. The lowest BCUT2D eigenvalue weighted by Gasteiger charge is -2.23. The molecule has 0 N–H and O–H groups in total. The van der Waals surface area contributed by atoms with Crippen LogP contribution in [0.2, 0.25) is 0 Å². The van der Waals surface area contributed by atoms with Gasteiger partial charge in [-0.3, -0.25) is 9.59 Å². The number of methoxy groups -OCH3 is 1. The number of hydrogen-bond acceptors (Lipinski definition) is 3. The SMILES string of the molecule is COC(=O)CC(C(=O)C(C)(C)C)C1CC1. The number of rotatable bonds is 4. The molecule has 0 heterocycles. The van der Waals surface area contributed by atoms with Gasteiger partial charge in [0.15, 0.2) is 0 Å². The van der Waals surface area contributed by atoms with Crippen LogP contribution < -0.4 is 0 Å². The lowest BCUT2D eigenvalue weighted by atomic mass is 9.79. The van der Waals surface area contributed by atoms with Crippen molar-refractivity contribution in [1.29, 1.82) is 0 Å². The number of hydrogen-bond donors (Lipinski definition) is 0. The van der Waals surface area contributed by atoms with Crippen molar-refractivity contribution in [2.75, 3.05) is 7.11 Å². The molecule has 1 saturated carbocycles. The second-order valence-electron chi connectivity index (χ2n) is 5.34.